The van der Waals surface area contributed by atoms with Crippen molar-refractivity contribution in [3.05, 3.63) is 65.0 Å². The molecule has 30 heavy (non-hydrogen) atoms. The minimum Gasteiger partial charge on any atom is -0.452 e. The van der Waals surface area contributed by atoms with Crippen molar-refractivity contribution in [2.75, 3.05) is 13.1 Å². The van der Waals surface area contributed by atoms with E-state index in [2.05, 4.69) is 10.1 Å². The van der Waals surface area contributed by atoms with Gasteiger partial charge in [-0.3, -0.25) is 0 Å². The smallest absolute Gasteiger partial charge is 0.338 e. The van der Waals surface area contributed by atoms with E-state index in [1.54, 1.807) is 0 Å². The van der Waals surface area contributed by atoms with E-state index in [-0.39, 0.29) is 28.0 Å². The van der Waals surface area contributed by atoms with E-state index in [4.69, 9.17) is 20.9 Å². The zero-order valence-corrected chi connectivity index (χ0v) is 17.4. The van der Waals surface area contributed by atoms with Crippen LogP contribution in [0.25, 0.3) is 11.4 Å². The molecule has 2 heterocycles. The molecule has 0 amide bonds. The fourth-order valence-electron chi connectivity index (χ4n) is 3.12. The highest BCUT2D eigenvalue weighted by Gasteiger charge is 2.30. The maximum atomic E-state index is 12.8. The van der Waals surface area contributed by atoms with E-state index in [0.717, 1.165) is 18.4 Å². The Morgan fingerprint density at radius 3 is 2.60 bits per heavy atom. The van der Waals surface area contributed by atoms with Gasteiger partial charge in [-0.05, 0) is 31.0 Å². The van der Waals surface area contributed by atoms with Crippen molar-refractivity contribution in [2.24, 2.45) is 0 Å². The Morgan fingerprint density at radius 1 is 1.13 bits per heavy atom. The highest BCUT2D eigenvalue weighted by Crippen LogP contribution is 2.28. The van der Waals surface area contributed by atoms with Gasteiger partial charge in [0.15, 0.2) is 6.61 Å². The van der Waals surface area contributed by atoms with Crippen LogP contribution in [0.3, 0.4) is 0 Å². The van der Waals surface area contributed by atoms with E-state index < -0.39 is 16.0 Å². The number of halogens is 1. The molecule has 1 aromatic heterocycles. The number of esters is 1. The SMILES string of the molecule is O=C(OCc1nc(-c2ccccc2)no1)c1ccc(Cl)c(S(=O)(=O)N2CCCC2)c1. The zero-order valence-electron chi connectivity index (χ0n) is 15.8. The average molecular weight is 448 g/mol. The highest BCUT2D eigenvalue weighted by molar-refractivity contribution is 7.89. The first kappa shape index (κ1) is 20.5. The van der Waals surface area contributed by atoms with Gasteiger partial charge in [-0.1, -0.05) is 47.1 Å². The Kier molecular flexibility index (Phi) is 5.85. The number of ether oxygens (including phenoxy) is 1. The lowest BCUT2D eigenvalue weighted by atomic mass is 10.2. The monoisotopic (exact) mass is 447 g/mol. The second-order valence-electron chi connectivity index (χ2n) is 6.71. The molecule has 1 fully saturated rings. The molecule has 0 atom stereocenters. The van der Waals surface area contributed by atoms with Crippen molar-refractivity contribution in [3.8, 4) is 11.4 Å². The summed E-state index contributed by atoms with van der Waals surface area (Å²) in [6.45, 7) is 0.637. The van der Waals surface area contributed by atoms with Crippen LogP contribution in [-0.4, -0.2) is 41.9 Å². The standard InChI is InChI=1S/C20H18ClN3O5S/c21-16-9-8-15(12-17(16)30(26,27)24-10-4-5-11-24)20(25)28-13-18-22-19(23-29-18)14-6-2-1-3-7-14/h1-3,6-9,12H,4-5,10-11,13H2. The summed E-state index contributed by atoms with van der Waals surface area (Å²) < 4.78 is 37.3. The molecule has 8 nitrogen and oxygen atoms in total. The molecule has 1 saturated heterocycles. The summed E-state index contributed by atoms with van der Waals surface area (Å²) in [5.41, 5.74) is 0.841. The predicted molar refractivity (Wildman–Crippen MR) is 108 cm³/mol. The molecule has 0 spiro atoms. The summed E-state index contributed by atoms with van der Waals surface area (Å²) in [5.74, 6) is -0.211. The molecule has 3 aromatic rings. The fourth-order valence-corrected chi connectivity index (χ4v) is 5.14. The normalized spacial score (nSPS) is 14.7. The van der Waals surface area contributed by atoms with Gasteiger partial charge in [0, 0.05) is 18.7 Å². The molecule has 0 aliphatic carbocycles. The Balaban J connectivity index is 1.47. The van der Waals surface area contributed by atoms with Gasteiger partial charge in [-0.15, -0.1) is 0 Å². The lowest BCUT2D eigenvalue weighted by Gasteiger charge is -2.17. The lowest BCUT2D eigenvalue weighted by molar-refractivity contribution is 0.0429. The second kappa shape index (κ2) is 8.55. The Labute approximate surface area is 178 Å². The molecular formula is C20H18ClN3O5S. The minimum atomic E-state index is -3.77. The molecule has 0 saturated carbocycles. The van der Waals surface area contributed by atoms with Crippen molar-refractivity contribution < 1.29 is 22.5 Å². The van der Waals surface area contributed by atoms with Crippen LogP contribution in [0.4, 0.5) is 0 Å². The molecule has 2 aromatic carbocycles. The molecule has 0 bridgehead atoms. The fraction of sp³-hybridized carbons (Fsp3) is 0.250. The summed E-state index contributed by atoms with van der Waals surface area (Å²) >= 11 is 6.11. The Bertz CT molecular complexity index is 1160. The first-order valence-electron chi connectivity index (χ1n) is 9.30. The van der Waals surface area contributed by atoms with Gasteiger partial charge in [0.2, 0.25) is 15.8 Å². The van der Waals surface area contributed by atoms with Gasteiger partial charge in [0.1, 0.15) is 4.90 Å². The number of hydrogen-bond donors (Lipinski definition) is 0. The van der Waals surface area contributed by atoms with Gasteiger partial charge in [-0.25, -0.2) is 13.2 Å². The molecule has 156 valence electrons. The molecule has 4 rings (SSSR count). The third kappa shape index (κ3) is 4.23. The van der Waals surface area contributed by atoms with E-state index in [1.807, 2.05) is 30.3 Å². The highest BCUT2D eigenvalue weighted by atomic mass is 35.5. The summed E-state index contributed by atoms with van der Waals surface area (Å²) in [6.07, 6.45) is 1.60. The molecular weight excluding hydrogens is 430 g/mol. The van der Waals surface area contributed by atoms with Crippen LogP contribution in [0, 0.1) is 0 Å². The number of carbonyl (C=O) groups is 1. The Morgan fingerprint density at radius 2 is 1.87 bits per heavy atom. The van der Waals surface area contributed by atoms with Crippen molar-refractivity contribution in [1.29, 1.82) is 0 Å². The third-order valence-corrected chi connectivity index (χ3v) is 7.06. The third-order valence-electron chi connectivity index (χ3n) is 4.68. The molecule has 0 unspecified atom stereocenters. The molecule has 0 N–H and O–H groups in total. The minimum absolute atomic E-state index is 0.0582. The molecule has 1 aliphatic rings. The maximum Gasteiger partial charge on any atom is 0.338 e. The molecule has 10 heteroatoms. The van der Waals surface area contributed by atoms with Gasteiger partial charge >= 0.3 is 5.97 Å². The van der Waals surface area contributed by atoms with Crippen LogP contribution in [0.2, 0.25) is 5.02 Å². The van der Waals surface area contributed by atoms with E-state index >= 15 is 0 Å². The van der Waals surface area contributed by atoms with Gasteiger partial charge in [0.25, 0.3) is 5.89 Å². The topological polar surface area (TPSA) is 103 Å². The maximum absolute atomic E-state index is 12.8. The number of nitrogens with zero attached hydrogens (tertiary/aromatic N) is 3. The lowest BCUT2D eigenvalue weighted by Crippen LogP contribution is -2.28. The summed E-state index contributed by atoms with van der Waals surface area (Å²) in [4.78, 5) is 16.5. The number of benzene rings is 2. The predicted octanol–water partition coefficient (Wildman–Crippen LogP) is 3.53. The second-order valence-corrected chi connectivity index (χ2v) is 9.02. The van der Waals surface area contributed by atoms with Gasteiger partial charge < -0.3 is 9.26 Å². The quantitative estimate of drug-likeness (QED) is 0.532. The first-order chi connectivity index (χ1) is 14.4. The van der Waals surface area contributed by atoms with E-state index in [0.29, 0.717) is 18.9 Å². The summed E-state index contributed by atoms with van der Waals surface area (Å²) in [7, 11) is -3.77. The summed E-state index contributed by atoms with van der Waals surface area (Å²) in [6, 6.07) is 13.3. The van der Waals surface area contributed by atoms with Gasteiger partial charge in [-0.2, -0.15) is 9.29 Å². The van der Waals surface area contributed by atoms with E-state index in [1.165, 1.54) is 22.5 Å². The molecule has 1 aliphatic heterocycles. The van der Waals surface area contributed by atoms with Crippen LogP contribution in [-0.2, 0) is 21.4 Å². The van der Waals surface area contributed by atoms with E-state index in [9.17, 15) is 13.2 Å². The summed E-state index contributed by atoms with van der Waals surface area (Å²) in [5, 5.41) is 3.92. The van der Waals surface area contributed by atoms with Crippen molar-refractivity contribution in [3.63, 3.8) is 0 Å². The van der Waals surface area contributed by atoms with Crippen LogP contribution < -0.4 is 0 Å². The van der Waals surface area contributed by atoms with Crippen LogP contribution in [0.1, 0.15) is 29.1 Å². The van der Waals surface area contributed by atoms with Crippen molar-refractivity contribution >= 4 is 27.6 Å². The van der Waals surface area contributed by atoms with Crippen molar-refractivity contribution in [1.82, 2.24) is 14.4 Å². The largest absolute Gasteiger partial charge is 0.452 e. The average Bonchev–Trinajstić information content (AvgIpc) is 3.45. The van der Waals surface area contributed by atoms with Crippen molar-refractivity contribution in [2.45, 2.75) is 24.3 Å². The number of rotatable bonds is 6. The number of sulfonamides is 1. The van der Waals surface area contributed by atoms with Gasteiger partial charge in [0.05, 0.1) is 10.6 Å². The Hall–Kier alpha value is -2.75. The molecule has 0 radical (unpaired) electrons. The number of hydrogen-bond acceptors (Lipinski definition) is 7. The number of aromatic nitrogens is 2. The number of carbonyl (C=O) groups excluding carboxylic acids is 1. The zero-order chi connectivity index (χ0) is 21.1. The van der Waals surface area contributed by atoms with Crippen LogP contribution >= 0.6 is 11.6 Å². The van der Waals surface area contributed by atoms with Crippen LogP contribution in [0.15, 0.2) is 57.9 Å². The first-order valence-corrected chi connectivity index (χ1v) is 11.1. The van der Waals surface area contributed by atoms with Crippen LogP contribution in [0.5, 0.6) is 0 Å².